The van der Waals surface area contributed by atoms with E-state index in [1.54, 1.807) is 14.2 Å². The van der Waals surface area contributed by atoms with Gasteiger partial charge in [0.25, 0.3) is 0 Å². The van der Waals surface area contributed by atoms with Gasteiger partial charge in [-0.25, -0.2) is 0 Å². The van der Waals surface area contributed by atoms with Crippen molar-refractivity contribution >= 4 is 0 Å². The van der Waals surface area contributed by atoms with Crippen molar-refractivity contribution in [2.45, 2.75) is 12.5 Å². The largest absolute Gasteiger partial charge is 0.493 e. The Bertz CT molecular complexity index is 873. The van der Waals surface area contributed by atoms with Crippen molar-refractivity contribution in [1.82, 2.24) is 20.1 Å². The van der Waals surface area contributed by atoms with Crippen LogP contribution in [0.3, 0.4) is 0 Å². The Balaban J connectivity index is 1.47. The standard InChI is InChI=1S/C20H22N4O2/c1-25-18-4-3-15(9-19(18)26-2)20-16(10-22-23-20)11-24-12-17(13-24)14-5-7-21-8-6-14/h3-10,17H,11-13H2,1-2H3,(H,22,23). The maximum Gasteiger partial charge on any atom is 0.161 e. The molecule has 0 saturated carbocycles. The van der Waals surface area contributed by atoms with Crippen molar-refractivity contribution in [3.05, 3.63) is 60.0 Å². The van der Waals surface area contributed by atoms with E-state index in [2.05, 4.69) is 32.2 Å². The molecule has 1 N–H and O–H groups in total. The fourth-order valence-electron chi connectivity index (χ4n) is 3.46. The molecule has 26 heavy (non-hydrogen) atoms. The normalized spacial score (nSPS) is 14.8. The highest BCUT2D eigenvalue weighted by atomic mass is 16.5. The predicted octanol–water partition coefficient (Wildman–Crippen LogP) is 3.09. The molecular formula is C20H22N4O2. The lowest BCUT2D eigenvalue weighted by Gasteiger charge is -2.39. The second-order valence-corrected chi connectivity index (χ2v) is 6.51. The zero-order valence-corrected chi connectivity index (χ0v) is 15.0. The highest BCUT2D eigenvalue weighted by Crippen LogP contribution is 2.34. The number of hydrogen-bond donors (Lipinski definition) is 1. The van der Waals surface area contributed by atoms with Crippen molar-refractivity contribution in [2.75, 3.05) is 27.3 Å². The topological polar surface area (TPSA) is 63.3 Å². The molecule has 3 heterocycles. The molecule has 6 heteroatoms. The number of nitrogens with one attached hydrogen (secondary N) is 1. The van der Waals surface area contributed by atoms with Crippen molar-refractivity contribution < 1.29 is 9.47 Å². The first-order chi connectivity index (χ1) is 12.8. The second-order valence-electron chi connectivity index (χ2n) is 6.51. The Kier molecular flexibility index (Phi) is 4.58. The maximum atomic E-state index is 5.42. The monoisotopic (exact) mass is 350 g/mol. The third-order valence-electron chi connectivity index (χ3n) is 4.92. The van der Waals surface area contributed by atoms with Crippen LogP contribution in [0.1, 0.15) is 17.0 Å². The van der Waals surface area contributed by atoms with Crippen LogP contribution in [0.25, 0.3) is 11.3 Å². The van der Waals surface area contributed by atoms with Crippen LogP contribution in [0.4, 0.5) is 0 Å². The molecule has 6 nitrogen and oxygen atoms in total. The Morgan fingerprint density at radius 1 is 1.08 bits per heavy atom. The van der Waals surface area contributed by atoms with Gasteiger partial charge in [-0.05, 0) is 35.9 Å². The summed E-state index contributed by atoms with van der Waals surface area (Å²) in [5, 5.41) is 7.38. The number of aromatic amines is 1. The number of pyridine rings is 1. The van der Waals surface area contributed by atoms with Gasteiger partial charge in [-0.1, -0.05) is 0 Å². The summed E-state index contributed by atoms with van der Waals surface area (Å²) in [5.41, 5.74) is 4.62. The quantitative estimate of drug-likeness (QED) is 0.740. The second kappa shape index (κ2) is 7.17. The highest BCUT2D eigenvalue weighted by Gasteiger charge is 2.28. The van der Waals surface area contributed by atoms with Crippen molar-refractivity contribution in [1.29, 1.82) is 0 Å². The molecule has 1 aliphatic rings. The van der Waals surface area contributed by atoms with E-state index in [4.69, 9.17) is 9.47 Å². The summed E-state index contributed by atoms with van der Waals surface area (Å²) in [7, 11) is 3.29. The van der Waals surface area contributed by atoms with E-state index < -0.39 is 0 Å². The van der Waals surface area contributed by atoms with Crippen LogP contribution in [-0.2, 0) is 6.54 Å². The molecule has 4 rings (SSSR count). The van der Waals surface area contributed by atoms with Gasteiger partial charge in [0, 0.05) is 49.1 Å². The van der Waals surface area contributed by atoms with Gasteiger partial charge in [-0.3, -0.25) is 15.0 Å². The number of likely N-dealkylation sites (tertiary alicyclic amines) is 1. The highest BCUT2D eigenvalue weighted by molar-refractivity contribution is 5.66. The Morgan fingerprint density at radius 2 is 1.85 bits per heavy atom. The number of aromatic nitrogens is 3. The number of ether oxygens (including phenoxy) is 2. The molecule has 0 amide bonds. The summed E-state index contributed by atoms with van der Waals surface area (Å²) in [6.07, 6.45) is 5.64. The van der Waals surface area contributed by atoms with Crippen molar-refractivity contribution in [3.63, 3.8) is 0 Å². The average molecular weight is 350 g/mol. The third-order valence-corrected chi connectivity index (χ3v) is 4.92. The Hall–Kier alpha value is -2.86. The van der Waals surface area contributed by atoms with Crippen LogP contribution in [0.5, 0.6) is 11.5 Å². The minimum absolute atomic E-state index is 0.592. The van der Waals surface area contributed by atoms with Crippen LogP contribution < -0.4 is 9.47 Å². The van der Waals surface area contributed by atoms with Gasteiger partial charge in [0.2, 0.25) is 0 Å². The molecule has 1 saturated heterocycles. The average Bonchev–Trinajstić information content (AvgIpc) is 3.12. The summed E-state index contributed by atoms with van der Waals surface area (Å²) in [5.74, 6) is 2.03. The van der Waals surface area contributed by atoms with E-state index in [1.165, 1.54) is 11.1 Å². The molecule has 0 bridgehead atoms. The lowest BCUT2D eigenvalue weighted by atomic mass is 9.91. The van der Waals surface area contributed by atoms with E-state index in [9.17, 15) is 0 Å². The minimum Gasteiger partial charge on any atom is -0.493 e. The van der Waals surface area contributed by atoms with Gasteiger partial charge < -0.3 is 9.47 Å². The molecule has 0 aliphatic carbocycles. The van der Waals surface area contributed by atoms with E-state index in [-0.39, 0.29) is 0 Å². The van der Waals surface area contributed by atoms with Gasteiger partial charge in [-0.15, -0.1) is 0 Å². The lowest BCUT2D eigenvalue weighted by Crippen LogP contribution is -2.44. The summed E-state index contributed by atoms with van der Waals surface area (Å²) in [6.45, 7) is 2.99. The van der Waals surface area contributed by atoms with Crippen LogP contribution in [0.2, 0.25) is 0 Å². The minimum atomic E-state index is 0.592. The van der Waals surface area contributed by atoms with Gasteiger partial charge in [-0.2, -0.15) is 5.10 Å². The maximum absolute atomic E-state index is 5.42. The predicted molar refractivity (Wildman–Crippen MR) is 99.4 cm³/mol. The molecule has 2 aromatic heterocycles. The fourth-order valence-corrected chi connectivity index (χ4v) is 3.46. The lowest BCUT2D eigenvalue weighted by molar-refractivity contribution is 0.140. The molecule has 1 aromatic carbocycles. The number of rotatable bonds is 6. The smallest absolute Gasteiger partial charge is 0.161 e. The summed E-state index contributed by atoms with van der Waals surface area (Å²) < 4.78 is 10.7. The summed E-state index contributed by atoms with van der Waals surface area (Å²) in [6, 6.07) is 10.1. The SMILES string of the molecule is COc1ccc(-c2[nH]ncc2CN2CC(c3ccncc3)C2)cc1OC. The van der Waals surface area contributed by atoms with Crippen LogP contribution >= 0.6 is 0 Å². The van der Waals surface area contributed by atoms with Crippen LogP contribution in [-0.4, -0.2) is 47.4 Å². The summed E-state index contributed by atoms with van der Waals surface area (Å²) >= 11 is 0. The van der Waals surface area contributed by atoms with E-state index in [1.807, 2.05) is 36.8 Å². The van der Waals surface area contributed by atoms with E-state index in [0.717, 1.165) is 36.6 Å². The molecule has 1 fully saturated rings. The Labute approximate surface area is 152 Å². The number of hydrogen-bond acceptors (Lipinski definition) is 5. The first-order valence-electron chi connectivity index (χ1n) is 8.65. The zero-order valence-electron chi connectivity index (χ0n) is 15.0. The first kappa shape index (κ1) is 16.6. The fraction of sp³-hybridized carbons (Fsp3) is 0.300. The first-order valence-corrected chi connectivity index (χ1v) is 8.65. The molecule has 3 aromatic rings. The molecule has 1 aliphatic heterocycles. The number of H-pyrrole nitrogens is 1. The van der Waals surface area contributed by atoms with Gasteiger partial charge in [0.05, 0.1) is 26.1 Å². The number of nitrogens with zero attached hydrogens (tertiary/aromatic N) is 3. The number of benzene rings is 1. The van der Waals surface area contributed by atoms with Crippen LogP contribution in [0, 0.1) is 0 Å². The molecule has 134 valence electrons. The Morgan fingerprint density at radius 3 is 2.58 bits per heavy atom. The van der Waals surface area contributed by atoms with E-state index >= 15 is 0 Å². The van der Waals surface area contributed by atoms with Gasteiger partial charge in [0.1, 0.15) is 0 Å². The van der Waals surface area contributed by atoms with E-state index in [0.29, 0.717) is 11.7 Å². The molecule has 0 radical (unpaired) electrons. The molecule has 0 atom stereocenters. The molecular weight excluding hydrogens is 328 g/mol. The zero-order chi connectivity index (χ0) is 17.9. The van der Waals surface area contributed by atoms with Gasteiger partial charge >= 0.3 is 0 Å². The molecule has 0 unspecified atom stereocenters. The van der Waals surface area contributed by atoms with Crippen molar-refractivity contribution in [2.24, 2.45) is 0 Å². The van der Waals surface area contributed by atoms with Crippen molar-refractivity contribution in [3.8, 4) is 22.8 Å². The molecule has 0 spiro atoms. The number of methoxy groups -OCH3 is 2. The van der Waals surface area contributed by atoms with Gasteiger partial charge in [0.15, 0.2) is 11.5 Å². The summed E-state index contributed by atoms with van der Waals surface area (Å²) in [4.78, 5) is 6.52. The third kappa shape index (κ3) is 3.15. The van der Waals surface area contributed by atoms with Crippen LogP contribution in [0.15, 0.2) is 48.9 Å².